The Morgan fingerprint density at radius 2 is 2.05 bits per heavy atom. The molecule has 0 aliphatic carbocycles. The van der Waals surface area contributed by atoms with Crippen molar-refractivity contribution in [2.24, 2.45) is 0 Å². The summed E-state index contributed by atoms with van der Waals surface area (Å²) in [6, 6.07) is 10.6. The fourth-order valence-electron chi connectivity index (χ4n) is 2.19. The minimum absolute atomic E-state index is 0.398. The molecule has 20 heavy (non-hydrogen) atoms. The van der Waals surface area contributed by atoms with Crippen LogP contribution in [0.25, 0.3) is 10.9 Å². The molecule has 0 saturated carbocycles. The van der Waals surface area contributed by atoms with Gasteiger partial charge in [0.05, 0.1) is 0 Å². The fourth-order valence-corrected chi connectivity index (χ4v) is 2.19. The lowest BCUT2D eigenvalue weighted by atomic mass is 10.2. The van der Waals surface area contributed by atoms with Crippen molar-refractivity contribution in [3.63, 3.8) is 0 Å². The van der Waals surface area contributed by atoms with Crippen molar-refractivity contribution >= 4 is 10.9 Å². The normalized spacial score (nSPS) is 12.6. The molecule has 0 fully saturated rings. The van der Waals surface area contributed by atoms with E-state index < -0.39 is 0 Å². The molecule has 0 saturated heterocycles. The van der Waals surface area contributed by atoms with E-state index in [2.05, 4.69) is 36.3 Å². The Bertz CT molecular complexity index is 554. The first-order chi connectivity index (χ1) is 9.74. The second-order valence-corrected chi connectivity index (χ2v) is 5.15. The van der Waals surface area contributed by atoms with Crippen LogP contribution in [0.3, 0.4) is 0 Å². The molecular formula is C17H24N2O. The molecule has 0 aliphatic rings. The zero-order valence-corrected chi connectivity index (χ0v) is 12.6. The van der Waals surface area contributed by atoms with Crippen LogP contribution in [-0.2, 0) is 0 Å². The predicted octanol–water partition coefficient (Wildman–Crippen LogP) is 3.70. The third kappa shape index (κ3) is 3.70. The molecule has 1 atom stereocenters. The highest BCUT2D eigenvalue weighted by molar-refractivity contribution is 5.84. The van der Waals surface area contributed by atoms with Crippen molar-refractivity contribution in [2.45, 2.75) is 39.7 Å². The summed E-state index contributed by atoms with van der Waals surface area (Å²) in [5.41, 5.74) is 1.97. The first-order valence-corrected chi connectivity index (χ1v) is 7.47. The third-order valence-corrected chi connectivity index (χ3v) is 3.44. The van der Waals surface area contributed by atoms with Crippen LogP contribution >= 0.6 is 0 Å². The molecule has 1 aromatic carbocycles. The Hall–Kier alpha value is -1.61. The van der Waals surface area contributed by atoms with Gasteiger partial charge in [-0.3, -0.25) is 0 Å². The lowest BCUT2D eigenvalue weighted by Crippen LogP contribution is -2.34. The molecule has 2 aromatic rings. The summed E-state index contributed by atoms with van der Waals surface area (Å²) in [5.74, 6) is 0.878. The van der Waals surface area contributed by atoms with Crippen LogP contribution < -0.4 is 10.1 Å². The minimum atomic E-state index is 0.398. The number of hydrogen-bond donors (Lipinski definition) is 1. The molecule has 1 N–H and O–H groups in total. The molecule has 1 heterocycles. The van der Waals surface area contributed by atoms with E-state index in [0.29, 0.717) is 12.6 Å². The maximum atomic E-state index is 6.00. The monoisotopic (exact) mass is 272 g/mol. The Morgan fingerprint density at radius 3 is 2.80 bits per heavy atom. The zero-order valence-electron chi connectivity index (χ0n) is 12.6. The van der Waals surface area contributed by atoms with Gasteiger partial charge in [-0.2, -0.15) is 0 Å². The quantitative estimate of drug-likeness (QED) is 0.834. The fraction of sp³-hybridized carbons (Fsp3) is 0.471. The first kappa shape index (κ1) is 14.8. The number of nitrogens with one attached hydrogen (secondary N) is 1. The van der Waals surface area contributed by atoms with Crippen molar-refractivity contribution in [1.82, 2.24) is 10.3 Å². The maximum absolute atomic E-state index is 6.00. The van der Waals surface area contributed by atoms with Crippen LogP contribution in [0.5, 0.6) is 5.75 Å². The molecule has 3 nitrogen and oxygen atoms in total. The van der Waals surface area contributed by atoms with Crippen molar-refractivity contribution in [3.8, 4) is 5.75 Å². The van der Waals surface area contributed by atoms with Crippen molar-refractivity contribution < 1.29 is 4.74 Å². The molecule has 0 spiro atoms. The van der Waals surface area contributed by atoms with Gasteiger partial charge in [0.2, 0.25) is 0 Å². The van der Waals surface area contributed by atoms with Crippen molar-refractivity contribution in [2.75, 3.05) is 13.2 Å². The van der Waals surface area contributed by atoms with Crippen LogP contribution in [-0.4, -0.2) is 24.2 Å². The van der Waals surface area contributed by atoms with Crippen LogP contribution in [0.1, 0.15) is 32.4 Å². The molecule has 0 amide bonds. The summed E-state index contributed by atoms with van der Waals surface area (Å²) in [7, 11) is 0. The standard InChI is InChI=1S/C17H24N2O/c1-4-11-18-15(5-2)12-20-16-8-6-7-14-10-9-13(3)19-17(14)16/h6-10,15,18H,4-5,11-12H2,1-3H3. The van der Waals surface area contributed by atoms with E-state index in [4.69, 9.17) is 4.74 Å². The third-order valence-electron chi connectivity index (χ3n) is 3.44. The van der Waals surface area contributed by atoms with Crippen LogP contribution in [0.15, 0.2) is 30.3 Å². The second kappa shape index (κ2) is 7.25. The SMILES string of the molecule is CCCNC(CC)COc1cccc2ccc(C)nc12. The number of para-hydroxylation sites is 1. The van der Waals surface area contributed by atoms with E-state index in [-0.39, 0.29) is 0 Å². The summed E-state index contributed by atoms with van der Waals surface area (Å²) >= 11 is 0. The topological polar surface area (TPSA) is 34.1 Å². The molecule has 0 aliphatic heterocycles. The van der Waals surface area contributed by atoms with E-state index in [1.807, 2.05) is 25.1 Å². The van der Waals surface area contributed by atoms with Gasteiger partial charge in [-0.1, -0.05) is 32.0 Å². The van der Waals surface area contributed by atoms with E-state index >= 15 is 0 Å². The molecule has 1 unspecified atom stereocenters. The molecule has 1 aromatic heterocycles. The van der Waals surface area contributed by atoms with Crippen LogP contribution in [0, 0.1) is 6.92 Å². The van der Waals surface area contributed by atoms with Crippen LogP contribution in [0.2, 0.25) is 0 Å². The van der Waals surface area contributed by atoms with Crippen LogP contribution in [0.4, 0.5) is 0 Å². The summed E-state index contributed by atoms with van der Waals surface area (Å²) in [4.78, 5) is 4.60. The van der Waals surface area contributed by atoms with Gasteiger partial charge >= 0.3 is 0 Å². The van der Waals surface area contributed by atoms with Crippen molar-refractivity contribution in [1.29, 1.82) is 0 Å². The predicted molar refractivity (Wildman–Crippen MR) is 84.3 cm³/mol. The number of rotatable bonds is 7. The zero-order chi connectivity index (χ0) is 14.4. The van der Waals surface area contributed by atoms with Gasteiger partial charge in [0.1, 0.15) is 17.9 Å². The average Bonchev–Trinajstić information content (AvgIpc) is 2.47. The molecule has 0 radical (unpaired) electrons. The smallest absolute Gasteiger partial charge is 0.145 e. The maximum Gasteiger partial charge on any atom is 0.145 e. The summed E-state index contributed by atoms with van der Waals surface area (Å²) in [6.45, 7) is 8.09. The molecule has 0 bridgehead atoms. The second-order valence-electron chi connectivity index (χ2n) is 5.15. The lowest BCUT2D eigenvalue weighted by Gasteiger charge is -2.18. The number of aryl methyl sites for hydroxylation is 1. The Labute approximate surface area is 121 Å². The van der Waals surface area contributed by atoms with E-state index in [1.165, 1.54) is 0 Å². The van der Waals surface area contributed by atoms with E-state index in [0.717, 1.165) is 41.7 Å². The highest BCUT2D eigenvalue weighted by Crippen LogP contribution is 2.24. The number of hydrogen-bond acceptors (Lipinski definition) is 3. The number of fused-ring (bicyclic) bond motifs is 1. The van der Waals surface area contributed by atoms with Gasteiger partial charge in [0.15, 0.2) is 0 Å². The largest absolute Gasteiger partial charge is 0.490 e. The van der Waals surface area contributed by atoms with Gasteiger partial charge in [-0.15, -0.1) is 0 Å². The number of ether oxygens (including phenoxy) is 1. The number of benzene rings is 1. The van der Waals surface area contributed by atoms with Gasteiger partial charge in [-0.25, -0.2) is 4.98 Å². The molecule has 3 heteroatoms. The molecular weight excluding hydrogens is 248 g/mol. The van der Waals surface area contributed by atoms with E-state index in [9.17, 15) is 0 Å². The first-order valence-electron chi connectivity index (χ1n) is 7.47. The van der Waals surface area contributed by atoms with Gasteiger partial charge in [-0.05, 0) is 38.4 Å². The van der Waals surface area contributed by atoms with Gasteiger partial charge in [0, 0.05) is 17.1 Å². The summed E-state index contributed by atoms with van der Waals surface area (Å²) < 4.78 is 6.00. The number of aromatic nitrogens is 1. The molecule has 108 valence electrons. The highest BCUT2D eigenvalue weighted by Gasteiger charge is 2.08. The summed E-state index contributed by atoms with van der Waals surface area (Å²) in [5, 5.41) is 4.63. The lowest BCUT2D eigenvalue weighted by molar-refractivity contribution is 0.262. The van der Waals surface area contributed by atoms with Crippen molar-refractivity contribution in [3.05, 3.63) is 36.0 Å². The van der Waals surface area contributed by atoms with E-state index in [1.54, 1.807) is 0 Å². The number of nitrogens with zero attached hydrogens (tertiary/aromatic N) is 1. The van der Waals surface area contributed by atoms with Gasteiger partial charge < -0.3 is 10.1 Å². The Kier molecular flexibility index (Phi) is 5.36. The Morgan fingerprint density at radius 1 is 1.20 bits per heavy atom. The average molecular weight is 272 g/mol. The minimum Gasteiger partial charge on any atom is -0.490 e. The number of pyridine rings is 1. The summed E-state index contributed by atoms with van der Waals surface area (Å²) in [6.07, 6.45) is 2.21. The Balaban J connectivity index is 2.11. The molecule has 2 rings (SSSR count). The highest BCUT2D eigenvalue weighted by atomic mass is 16.5. The van der Waals surface area contributed by atoms with Gasteiger partial charge in [0.25, 0.3) is 0 Å².